The number of ether oxygens (including phenoxy) is 2. The highest BCUT2D eigenvalue weighted by Gasteiger charge is 2.29. The third-order valence-electron chi connectivity index (χ3n) is 4.71. The first-order valence-corrected chi connectivity index (χ1v) is 8.63. The number of rotatable bonds is 6. The maximum atomic E-state index is 12.6. The monoisotopic (exact) mass is 351 g/mol. The minimum Gasteiger partial charge on any atom is -0.379 e. The number of aromatic nitrogens is 1. The van der Waals surface area contributed by atoms with E-state index in [0.29, 0.717) is 26.2 Å². The molecule has 140 valence electrons. The molecule has 1 aromatic heterocycles. The summed E-state index contributed by atoms with van der Waals surface area (Å²) in [5.74, 6) is -0.350. The van der Waals surface area contributed by atoms with Gasteiger partial charge < -0.3 is 24.3 Å². The molecule has 7 heteroatoms. The highest BCUT2D eigenvalue weighted by molar-refractivity contribution is 5.94. The summed E-state index contributed by atoms with van der Waals surface area (Å²) in [6.07, 6.45) is 0.469. The van der Waals surface area contributed by atoms with Crippen molar-refractivity contribution < 1.29 is 14.3 Å². The Balaban J connectivity index is 2.08. The number of amides is 1. The molecule has 0 spiro atoms. The van der Waals surface area contributed by atoms with Crippen LogP contribution in [0.4, 0.5) is 0 Å². The van der Waals surface area contributed by atoms with Crippen LogP contribution in [0.2, 0.25) is 0 Å². The zero-order chi connectivity index (χ0) is 18.6. The molecule has 1 fully saturated rings. The summed E-state index contributed by atoms with van der Waals surface area (Å²) in [4.78, 5) is 27.1. The number of nitrogens with zero attached hydrogens (tertiary/aromatic N) is 2. The van der Waals surface area contributed by atoms with E-state index in [1.807, 2.05) is 32.8 Å². The minimum absolute atomic E-state index is 0.158. The topological polar surface area (TPSA) is 72.8 Å². The summed E-state index contributed by atoms with van der Waals surface area (Å²) < 4.78 is 12.9. The zero-order valence-corrected chi connectivity index (χ0v) is 15.8. The lowest BCUT2D eigenvalue weighted by molar-refractivity contribution is -0.0691. The van der Waals surface area contributed by atoms with Gasteiger partial charge in [0.2, 0.25) is 0 Å². The fourth-order valence-electron chi connectivity index (χ4n) is 2.82. The quantitative estimate of drug-likeness (QED) is 0.806. The van der Waals surface area contributed by atoms with E-state index < -0.39 is 0 Å². The van der Waals surface area contributed by atoms with Crippen LogP contribution in [0.15, 0.2) is 10.9 Å². The van der Waals surface area contributed by atoms with E-state index in [0.717, 1.165) is 17.8 Å². The Morgan fingerprint density at radius 2 is 2.16 bits per heavy atom. The van der Waals surface area contributed by atoms with E-state index in [-0.39, 0.29) is 29.2 Å². The average Bonchev–Trinajstić information content (AvgIpc) is 2.57. The third kappa shape index (κ3) is 4.90. The van der Waals surface area contributed by atoms with Gasteiger partial charge in [-0.15, -0.1) is 0 Å². The average molecular weight is 351 g/mol. The molecular weight excluding hydrogens is 322 g/mol. The van der Waals surface area contributed by atoms with E-state index in [4.69, 9.17) is 9.47 Å². The second kappa shape index (κ2) is 8.60. The molecule has 2 atom stereocenters. The molecule has 0 radical (unpaired) electrons. The van der Waals surface area contributed by atoms with E-state index in [1.165, 1.54) is 4.57 Å². The van der Waals surface area contributed by atoms with Crippen LogP contribution in [0.3, 0.4) is 0 Å². The molecule has 1 aliphatic rings. The fraction of sp³-hybridized carbons (Fsp3) is 0.667. The molecule has 0 bridgehead atoms. The molecule has 1 N–H and O–H groups in total. The van der Waals surface area contributed by atoms with Gasteiger partial charge in [-0.05, 0) is 46.0 Å². The van der Waals surface area contributed by atoms with Gasteiger partial charge in [0.05, 0.1) is 19.3 Å². The molecule has 1 amide bonds. The second-order valence-corrected chi connectivity index (χ2v) is 6.85. The van der Waals surface area contributed by atoms with Gasteiger partial charge in [0.1, 0.15) is 11.7 Å². The van der Waals surface area contributed by atoms with Gasteiger partial charge in [-0.2, -0.15) is 0 Å². The van der Waals surface area contributed by atoms with Crippen LogP contribution in [0.25, 0.3) is 0 Å². The molecule has 2 rings (SSSR count). The lowest BCUT2D eigenvalue weighted by Crippen LogP contribution is -2.51. The number of carbonyl (C=O) groups excluding carboxylic acids is 1. The first-order valence-electron chi connectivity index (χ1n) is 8.63. The van der Waals surface area contributed by atoms with Crippen molar-refractivity contribution in [1.29, 1.82) is 0 Å². The number of nitrogens with one attached hydrogen (secondary N) is 1. The normalized spacial score (nSPS) is 20.7. The van der Waals surface area contributed by atoms with Crippen LogP contribution in [0.1, 0.15) is 28.0 Å². The number of pyridine rings is 1. The van der Waals surface area contributed by atoms with Crippen molar-refractivity contribution >= 4 is 5.91 Å². The highest BCUT2D eigenvalue weighted by atomic mass is 16.5. The maximum Gasteiger partial charge on any atom is 0.263 e. The van der Waals surface area contributed by atoms with Crippen molar-refractivity contribution in [3.05, 3.63) is 33.2 Å². The van der Waals surface area contributed by atoms with Crippen LogP contribution < -0.4 is 10.9 Å². The van der Waals surface area contributed by atoms with Crippen molar-refractivity contribution in [2.75, 3.05) is 40.5 Å². The Morgan fingerprint density at radius 1 is 1.44 bits per heavy atom. The van der Waals surface area contributed by atoms with Crippen molar-refractivity contribution in [3.8, 4) is 0 Å². The number of aryl methyl sites for hydroxylation is 1. The molecular formula is C18H29N3O4. The molecule has 7 nitrogen and oxygen atoms in total. The summed E-state index contributed by atoms with van der Waals surface area (Å²) in [7, 11) is 5.65. The van der Waals surface area contributed by atoms with Gasteiger partial charge in [0, 0.05) is 25.9 Å². The molecule has 2 heterocycles. The van der Waals surface area contributed by atoms with Crippen LogP contribution >= 0.6 is 0 Å². The van der Waals surface area contributed by atoms with Crippen molar-refractivity contribution in [1.82, 2.24) is 14.8 Å². The maximum absolute atomic E-state index is 12.6. The van der Waals surface area contributed by atoms with Crippen LogP contribution in [-0.4, -0.2) is 68.0 Å². The zero-order valence-electron chi connectivity index (χ0n) is 15.8. The predicted molar refractivity (Wildman–Crippen MR) is 96.1 cm³/mol. The lowest BCUT2D eigenvalue weighted by atomic mass is 10.0. The summed E-state index contributed by atoms with van der Waals surface area (Å²) in [5, 5.41) is 2.97. The molecule has 1 saturated heterocycles. The Morgan fingerprint density at radius 3 is 2.84 bits per heavy atom. The summed E-state index contributed by atoms with van der Waals surface area (Å²) in [5.41, 5.74) is 1.66. The Labute approximate surface area is 148 Å². The number of carbonyl (C=O) groups is 1. The Hall–Kier alpha value is -1.70. The van der Waals surface area contributed by atoms with Gasteiger partial charge in [0.15, 0.2) is 0 Å². The number of likely N-dealkylation sites (N-methyl/N-ethyl adjacent to an activating group) is 1. The van der Waals surface area contributed by atoms with Gasteiger partial charge in [0.25, 0.3) is 11.5 Å². The van der Waals surface area contributed by atoms with Gasteiger partial charge in [-0.3, -0.25) is 9.59 Å². The van der Waals surface area contributed by atoms with Gasteiger partial charge in [-0.25, -0.2) is 0 Å². The molecule has 25 heavy (non-hydrogen) atoms. The summed E-state index contributed by atoms with van der Waals surface area (Å²) in [6.45, 7) is 6.15. The molecule has 1 aliphatic heterocycles. The first kappa shape index (κ1) is 19.6. The van der Waals surface area contributed by atoms with Crippen molar-refractivity contribution in [2.24, 2.45) is 7.05 Å². The second-order valence-electron chi connectivity index (χ2n) is 6.85. The van der Waals surface area contributed by atoms with E-state index in [1.54, 1.807) is 13.1 Å². The molecule has 0 saturated carbocycles. The van der Waals surface area contributed by atoms with E-state index in [9.17, 15) is 9.59 Å². The summed E-state index contributed by atoms with van der Waals surface area (Å²) >= 11 is 0. The predicted octanol–water partition coefficient (Wildman–Crippen LogP) is 0.468. The number of hydrogen-bond acceptors (Lipinski definition) is 5. The fourth-order valence-corrected chi connectivity index (χ4v) is 2.82. The SMILES string of the molecule is Cc1cc(C(=O)N[C@@H]2CCOC[C@H]2OCCN(C)C)c(=O)n(C)c1C. The molecule has 0 aromatic carbocycles. The summed E-state index contributed by atoms with van der Waals surface area (Å²) in [6, 6.07) is 1.50. The Kier molecular flexibility index (Phi) is 6.75. The standard InChI is InChI=1S/C18H29N3O4/c1-12-10-14(18(23)21(5)13(12)2)17(22)19-15-6-8-24-11-16(15)25-9-7-20(3)4/h10,15-16H,6-9,11H2,1-5H3,(H,19,22)/t15-,16-/m1/s1. The smallest absolute Gasteiger partial charge is 0.263 e. The lowest BCUT2D eigenvalue weighted by Gasteiger charge is -2.32. The molecule has 0 unspecified atom stereocenters. The van der Waals surface area contributed by atoms with E-state index in [2.05, 4.69) is 5.32 Å². The van der Waals surface area contributed by atoms with Gasteiger partial charge >= 0.3 is 0 Å². The van der Waals surface area contributed by atoms with Crippen molar-refractivity contribution in [3.63, 3.8) is 0 Å². The highest BCUT2D eigenvalue weighted by Crippen LogP contribution is 2.13. The minimum atomic E-state index is -0.350. The van der Waals surface area contributed by atoms with E-state index >= 15 is 0 Å². The largest absolute Gasteiger partial charge is 0.379 e. The van der Waals surface area contributed by atoms with Crippen LogP contribution in [-0.2, 0) is 16.5 Å². The van der Waals surface area contributed by atoms with Gasteiger partial charge in [-0.1, -0.05) is 0 Å². The Bertz CT molecular complexity index is 669. The third-order valence-corrected chi connectivity index (χ3v) is 4.71. The molecule has 0 aliphatic carbocycles. The molecule has 1 aromatic rings. The number of hydrogen-bond donors (Lipinski definition) is 1. The van der Waals surface area contributed by atoms with Crippen molar-refractivity contribution in [2.45, 2.75) is 32.4 Å². The first-order chi connectivity index (χ1) is 11.8. The van der Waals surface area contributed by atoms with Crippen LogP contribution in [0.5, 0.6) is 0 Å². The van der Waals surface area contributed by atoms with Crippen LogP contribution in [0, 0.1) is 13.8 Å².